The van der Waals surface area contributed by atoms with Crippen molar-refractivity contribution in [3.63, 3.8) is 0 Å². The van der Waals surface area contributed by atoms with Gasteiger partial charge in [0.1, 0.15) is 11.5 Å². The summed E-state index contributed by atoms with van der Waals surface area (Å²) in [6.07, 6.45) is 3.14. The fourth-order valence-electron chi connectivity index (χ4n) is 2.17. The lowest BCUT2D eigenvalue weighted by Gasteiger charge is -2.05. The molecular formula is C15H11ClO3. The molecule has 0 bridgehead atoms. The first-order valence-corrected chi connectivity index (χ1v) is 6.23. The topological polar surface area (TPSA) is 39.4 Å². The number of hydrogen-bond acceptors (Lipinski definition) is 3. The Labute approximate surface area is 115 Å². The molecule has 0 fully saturated rings. The lowest BCUT2D eigenvalue weighted by molar-refractivity contribution is 0.101. The number of ether oxygens (including phenoxy) is 1. The molecule has 2 heterocycles. The molecule has 0 aliphatic carbocycles. The van der Waals surface area contributed by atoms with Crippen molar-refractivity contribution in [3.8, 4) is 5.75 Å². The number of Topliss-reactive ketones (excluding diaryl/α,β-unsaturated/α-hetero) is 1. The second-order valence-electron chi connectivity index (χ2n) is 4.46. The van der Waals surface area contributed by atoms with Crippen molar-refractivity contribution >= 4 is 23.5 Å². The van der Waals surface area contributed by atoms with E-state index in [-0.39, 0.29) is 11.5 Å². The van der Waals surface area contributed by atoms with Crippen LogP contribution in [-0.4, -0.2) is 5.78 Å². The van der Waals surface area contributed by atoms with Crippen LogP contribution in [0.1, 0.15) is 27.2 Å². The van der Waals surface area contributed by atoms with E-state index in [2.05, 4.69) is 0 Å². The summed E-state index contributed by atoms with van der Waals surface area (Å²) in [4.78, 5) is 12.3. The van der Waals surface area contributed by atoms with Gasteiger partial charge in [0.25, 0.3) is 0 Å². The molecule has 96 valence electrons. The normalized spacial score (nSPS) is 15.7. The van der Waals surface area contributed by atoms with Crippen LogP contribution < -0.4 is 4.74 Å². The second-order valence-corrected chi connectivity index (χ2v) is 4.84. The minimum absolute atomic E-state index is 0.161. The number of aryl methyl sites for hydroxylation is 1. The lowest BCUT2D eigenvalue weighted by Crippen LogP contribution is -1.99. The zero-order chi connectivity index (χ0) is 13.6. The Bertz CT molecular complexity index is 697. The highest BCUT2D eigenvalue weighted by atomic mass is 35.5. The lowest BCUT2D eigenvalue weighted by atomic mass is 10.0. The first-order valence-electron chi connectivity index (χ1n) is 5.85. The average molecular weight is 275 g/mol. The van der Waals surface area contributed by atoms with Gasteiger partial charge >= 0.3 is 0 Å². The van der Waals surface area contributed by atoms with Gasteiger partial charge in [-0.3, -0.25) is 4.79 Å². The molecule has 0 radical (unpaired) electrons. The van der Waals surface area contributed by atoms with Gasteiger partial charge in [-0.05, 0) is 43.2 Å². The molecule has 2 aromatic rings. The summed E-state index contributed by atoms with van der Waals surface area (Å²) in [6, 6.07) is 5.30. The highest BCUT2D eigenvalue weighted by Crippen LogP contribution is 2.38. The van der Waals surface area contributed by atoms with Crippen LogP contribution in [0.2, 0.25) is 5.02 Å². The van der Waals surface area contributed by atoms with E-state index < -0.39 is 0 Å². The minimum Gasteiger partial charge on any atom is -0.465 e. The number of fused-ring (bicyclic) bond motifs is 1. The Morgan fingerprint density at radius 2 is 2.11 bits per heavy atom. The van der Waals surface area contributed by atoms with E-state index in [9.17, 15) is 4.79 Å². The van der Waals surface area contributed by atoms with E-state index in [1.165, 1.54) is 0 Å². The van der Waals surface area contributed by atoms with E-state index in [4.69, 9.17) is 20.8 Å². The number of hydrogen-bond donors (Lipinski definition) is 0. The summed E-state index contributed by atoms with van der Waals surface area (Å²) in [5.74, 6) is 1.24. The van der Waals surface area contributed by atoms with Gasteiger partial charge < -0.3 is 9.15 Å². The van der Waals surface area contributed by atoms with Gasteiger partial charge in [-0.15, -0.1) is 0 Å². The smallest absolute Gasteiger partial charge is 0.232 e. The van der Waals surface area contributed by atoms with Gasteiger partial charge in [-0.2, -0.15) is 0 Å². The summed E-state index contributed by atoms with van der Waals surface area (Å²) < 4.78 is 10.8. The number of halogens is 1. The zero-order valence-corrected chi connectivity index (χ0v) is 11.2. The molecule has 19 heavy (non-hydrogen) atoms. The van der Waals surface area contributed by atoms with Crippen molar-refractivity contribution in [1.29, 1.82) is 0 Å². The van der Waals surface area contributed by atoms with Crippen molar-refractivity contribution in [2.75, 3.05) is 0 Å². The van der Waals surface area contributed by atoms with Crippen LogP contribution in [0.25, 0.3) is 6.08 Å². The first-order chi connectivity index (χ1) is 9.08. The standard InChI is InChI=1S/C15H11ClO3/c1-8-6-11-13(9(2)14(8)16)15(17)12(19-11)7-10-4-3-5-18-10/h3-7H,1-2H3/b12-7-. The zero-order valence-electron chi connectivity index (χ0n) is 10.5. The fourth-order valence-corrected chi connectivity index (χ4v) is 2.32. The molecule has 4 heteroatoms. The average Bonchev–Trinajstić information content (AvgIpc) is 2.97. The van der Waals surface area contributed by atoms with Gasteiger partial charge in [-0.1, -0.05) is 11.6 Å². The van der Waals surface area contributed by atoms with Crippen LogP contribution in [-0.2, 0) is 0 Å². The van der Waals surface area contributed by atoms with Crippen LogP contribution in [0.15, 0.2) is 34.6 Å². The van der Waals surface area contributed by atoms with Crippen LogP contribution in [0, 0.1) is 13.8 Å². The molecule has 0 amide bonds. The number of carbonyl (C=O) groups excluding carboxylic acids is 1. The highest BCUT2D eigenvalue weighted by molar-refractivity contribution is 6.33. The number of furan rings is 1. The maximum absolute atomic E-state index is 12.3. The van der Waals surface area contributed by atoms with Crippen molar-refractivity contribution < 1.29 is 13.9 Å². The first kappa shape index (κ1) is 12.1. The van der Waals surface area contributed by atoms with Gasteiger partial charge in [-0.25, -0.2) is 0 Å². The number of benzene rings is 1. The summed E-state index contributed by atoms with van der Waals surface area (Å²) in [5.41, 5.74) is 2.18. The van der Waals surface area contributed by atoms with E-state index in [1.807, 2.05) is 13.8 Å². The third-order valence-corrected chi connectivity index (χ3v) is 3.71. The van der Waals surface area contributed by atoms with Gasteiger partial charge in [0.2, 0.25) is 5.78 Å². The van der Waals surface area contributed by atoms with Crippen LogP contribution in [0.4, 0.5) is 0 Å². The maximum atomic E-state index is 12.3. The molecule has 1 aromatic heterocycles. The molecule has 0 N–H and O–H groups in total. The fraction of sp³-hybridized carbons (Fsp3) is 0.133. The highest BCUT2D eigenvalue weighted by Gasteiger charge is 2.31. The second kappa shape index (κ2) is 4.28. The van der Waals surface area contributed by atoms with E-state index in [1.54, 1.807) is 30.5 Å². The third-order valence-electron chi connectivity index (χ3n) is 3.13. The molecule has 3 rings (SSSR count). The Morgan fingerprint density at radius 1 is 1.32 bits per heavy atom. The molecular weight excluding hydrogens is 264 g/mol. The number of ketones is 1. The Balaban J connectivity index is 2.10. The summed E-state index contributed by atoms with van der Waals surface area (Å²) >= 11 is 6.17. The van der Waals surface area contributed by atoms with E-state index in [0.29, 0.717) is 22.1 Å². The number of carbonyl (C=O) groups is 1. The largest absolute Gasteiger partial charge is 0.465 e. The van der Waals surface area contributed by atoms with Crippen molar-refractivity contribution in [2.24, 2.45) is 0 Å². The third kappa shape index (κ3) is 1.87. The van der Waals surface area contributed by atoms with Gasteiger partial charge in [0.15, 0.2) is 5.76 Å². The summed E-state index contributed by atoms with van der Waals surface area (Å²) in [7, 11) is 0. The summed E-state index contributed by atoms with van der Waals surface area (Å²) in [5, 5.41) is 0.606. The Hall–Kier alpha value is -2.00. The maximum Gasteiger partial charge on any atom is 0.232 e. The SMILES string of the molecule is Cc1cc2c(c(C)c1Cl)C(=O)/C(=C/c1ccco1)O2. The molecule has 0 saturated carbocycles. The molecule has 1 aromatic carbocycles. The molecule has 1 aliphatic heterocycles. The molecule has 0 saturated heterocycles. The van der Waals surface area contributed by atoms with Gasteiger partial charge in [0.05, 0.1) is 11.8 Å². The minimum atomic E-state index is -0.161. The van der Waals surface area contributed by atoms with Crippen LogP contribution in [0.3, 0.4) is 0 Å². The molecule has 0 atom stereocenters. The van der Waals surface area contributed by atoms with Crippen LogP contribution in [0.5, 0.6) is 5.75 Å². The monoisotopic (exact) mass is 274 g/mol. The quantitative estimate of drug-likeness (QED) is 0.733. The van der Waals surface area contributed by atoms with Gasteiger partial charge in [0, 0.05) is 11.1 Å². The van der Waals surface area contributed by atoms with Crippen molar-refractivity contribution in [2.45, 2.75) is 13.8 Å². The molecule has 3 nitrogen and oxygen atoms in total. The summed E-state index contributed by atoms with van der Waals surface area (Å²) in [6.45, 7) is 3.71. The predicted octanol–water partition coefficient (Wildman–Crippen LogP) is 4.17. The molecule has 1 aliphatic rings. The molecule has 0 unspecified atom stereocenters. The number of allylic oxidation sites excluding steroid dienone is 1. The van der Waals surface area contributed by atoms with Crippen molar-refractivity contribution in [3.05, 3.63) is 57.7 Å². The van der Waals surface area contributed by atoms with Crippen molar-refractivity contribution in [1.82, 2.24) is 0 Å². The van der Waals surface area contributed by atoms with E-state index in [0.717, 1.165) is 11.1 Å². The predicted molar refractivity (Wildman–Crippen MR) is 72.6 cm³/mol. The Morgan fingerprint density at radius 3 is 2.79 bits per heavy atom. The Kier molecular flexibility index (Phi) is 2.72. The van der Waals surface area contributed by atoms with Crippen LogP contribution >= 0.6 is 11.6 Å². The number of rotatable bonds is 1. The van der Waals surface area contributed by atoms with E-state index >= 15 is 0 Å². The molecule has 0 spiro atoms.